The predicted molar refractivity (Wildman–Crippen MR) is 66.4 cm³/mol. The van der Waals surface area contributed by atoms with Crippen molar-refractivity contribution in [3.63, 3.8) is 0 Å². The highest BCUT2D eigenvalue weighted by molar-refractivity contribution is 5.35. The summed E-state index contributed by atoms with van der Waals surface area (Å²) in [5.41, 5.74) is 2.39. The molecule has 0 amide bonds. The summed E-state index contributed by atoms with van der Waals surface area (Å²) >= 11 is 0. The predicted octanol–water partition coefficient (Wildman–Crippen LogP) is 2.28. The molecule has 2 nitrogen and oxygen atoms in total. The first kappa shape index (κ1) is 11.6. The number of aliphatic hydroxyl groups is 1. The largest absolute Gasteiger partial charge is 0.387 e. The van der Waals surface area contributed by atoms with Gasteiger partial charge in [-0.05, 0) is 36.4 Å². The lowest BCUT2D eigenvalue weighted by molar-refractivity contribution is 0.141. The van der Waals surface area contributed by atoms with Gasteiger partial charge in [-0.15, -0.1) is 0 Å². The lowest BCUT2D eigenvalue weighted by Gasteiger charge is -2.17. The molecular formula is C14H21NO. The van der Waals surface area contributed by atoms with Crippen molar-refractivity contribution in [2.45, 2.75) is 38.8 Å². The van der Waals surface area contributed by atoms with Crippen LogP contribution in [0.15, 0.2) is 24.3 Å². The smallest absolute Gasteiger partial charge is 0.0948 e. The number of rotatable bonds is 4. The van der Waals surface area contributed by atoms with Gasteiger partial charge in [0.2, 0.25) is 0 Å². The van der Waals surface area contributed by atoms with Gasteiger partial charge in [0, 0.05) is 6.04 Å². The van der Waals surface area contributed by atoms with Crippen molar-refractivity contribution >= 4 is 0 Å². The van der Waals surface area contributed by atoms with Crippen LogP contribution in [-0.2, 0) is 6.42 Å². The molecule has 16 heavy (non-hydrogen) atoms. The van der Waals surface area contributed by atoms with Crippen molar-refractivity contribution in [2.75, 3.05) is 6.54 Å². The van der Waals surface area contributed by atoms with E-state index < -0.39 is 0 Å². The Hall–Kier alpha value is -0.860. The van der Waals surface area contributed by atoms with Crippen LogP contribution in [0.1, 0.15) is 37.5 Å². The van der Waals surface area contributed by atoms with Gasteiger partial charge in [0.05, 0.1) is 6.10 Å². The van der Waals surface area contributed by atoms with Crippen LogP contribution < -0.4 is 5.32 Å². The van der Waals surface area contributed by atoms with Gasteiger partial charge in [-0.1, -0.05) is 38.1 Å². The molecule has 0 aliphatic heterocycles. The fourth-order valence-electron chi connectivity index (χ4n) is 2.32. The summed E-state index contributed by atoms with van der Waals surface area (Å²) < 4.78 is 0. The average molecular weight is 219 g/mol. The van der Waals surface area contributed by atoms with Crippen LogP contribution in [0.4, 0.5) is 0 Å². The molecule has 2 rings (SSSR count). The molecular weight excluding hydrogens is 198 g/mol. The van der Waals surface area contributed by atoms with Crippen molar-refractivity contribution in [3.8, 4) is 0 Å². The summed E-state index contributed by atoms with van der Waals surface area (Å²) in [7, 11) is 0. The van der Waals surface area contributed by atoms with Gasteiger partial charge in [-0.3, -0.25) is 0 Å². The Morgan fingerprint density at radius 3 is 2.81 bits per heavy atom. The Balaban J connectivity index is 1.92. The van der Waals surface area contributed by atoms with Crippen LogP contribution in [0.25, 0.3) is 0 Å². The van der Waals surface area contributed by atoms with Gasteiger partial charge in [-0.25, -0.2) is 0 Å². The molecule has 0 aromatic heterocycles. The van der Waals surface area contributed by atoms with Gasteiger partial charge in [-0.2, -0.15) is 0 Å². The highest BCUT2D eigenvalue weighted by Gasteiger charge is 2.29. The highest BCUT2D eigenvalue weighted by Crippen LogP contribution is 2.30. The molecule has 1 aromatic rings. The summed E-state index contributed by atoms with van der Waals surface area (Å²) in [6.45, 7) is 5.44. The van der Waals surface area contributed by atoms with E-state index in [4.69, 9.17) is 0 Å². The molecule has 2 N–H and O–H groups in total. The maximum absolute atomic E-state index is 10.1. The monoisotopic (exact) mass is 219 g/mol. The highest BCUT2D eigenvalue weighted by atomic mass is 16.3. The fourth-order valence-corrected chi connectivity index (χ4v) is 2.32. The molecule has 0 fully saturated rings. The second-order valence-electron chi connectivity index (χ2n) is 5.09. The van der Waals surface area contributed by atoms with Crippen LogP contribution in [0.3, 0.4) is 0 Å². The van der Waals surface area contributed by atoms with E-state index in [0.717, 1.165) is 18.5 Å². The van der Waals surface area contributed by atoms with Crippen molar-refractivity contribution in [2.24, 2.45) is 5.92 Å². The van der Waals surface area contributed by atoms with E-state index in [1.165, 1.54) is 12.0 Å². The van der Waals surface area contributed by atoms with Crippen LogP contribution in [0.5, 0.6) is 0 Å². The number of fused-ring (bicyclic) bond motifs is 1. The van der Waals surface area contributed by atoms with E-state index in [1.54, 1.807) is 0 Å². The molecule has 1 aromatic carbocycles. The van der Waals surface area contributed by atoms with Crippen LogP contribution in [-0.4, -0.2) is 17.7 Å². The van der Waals surface area contributed by atoms with E-state index in [2.05, 4.69) is 25.2 Å². The number of hydrogen-bond acceptors (Lipinski definition) is 2. The minimum Gasteiger partial charge on any atom is -0.387 e. The minimum absolute atomic E-state index is 0.205. The zero-order valence-electron chi connectivity index (χ0n) is 10.1. The molecule has 0 unspecified atom stereocenters. The van der Waals surface area contributed by atoms with E-state index in [9.17, 15) is 5.11 Å². The van der Waals surface area contributed by atoms with Crippen molar-refractivity contribution < 1.29 is 5.11 Å². The summed E-state index contributed by atoms with van der Waals surface area (Å²) in [6.07, 6.45) is 1.79. The third-order valence-corrected chi connectivity index (χ3v) is 3.32. The van der Waals surface area contributed by atoms with Crippen molar-refractivity contribution in [3.05, 3.63) is 35.4 Å². The Kier molecular flexibility index (Phi) is 3.62. The van der Waals surface area contributed by atoms with Crippen LogP contribution >= 0.6 is 0 Å². The van der Waals surface area contributed by atoms with Crippen LogP contribution in [0.2, 0.25) is 0 Å². The molecule has 0 radical (unpaired) electrons. The van der Waals surface area contributed by atoms with Crippen molar-refractivity contribution in [1.82, 2.24) is 5.32 Å². The third kappa shape index (κ3) is 2.45. The normalized spacial score (nSPS) is 23.8. The summed E-state index contributed by atoms with van der Waals surface area (Å²) in [6, 6.07) is 8.39. The van der Waals surface area contributed by atoms with E-state index in [-0.39, 0.29) is 12.1 Å². The number of aliphatic hydroxyl groups excluding tert-OH is 1. The number of benzene rings is 1. The molecule has 0 bridgehead atoms. The average Bonchev–Trinajstić information content (AvgIpc) is 2.56. The molecule has 2 heteroatoms. The SMILES string of the molecule is CC(C)CCN[C@H]1Cc2ccccc2[C@@H]1O. The minimum atomic E-state index is -0.330. The first-order chi connectivity index (χ1) is 7.68. The maximum atomic E-state index is 10.1. The summed E-state index contributed by atoms with van der Waals surface area (Å²) in [5, 5.41) is 13.6. The third-order valence-electron chi connectivity index (χ3n) is 3.32. The van der Waals surface area contributed by atoms with Gasteiger partial charge in [0.25, 0.3) is 0 Å². The van der Waals surface area contributed by atoms with Crippen molar-refractivity contribution in [1.29, 1.82) is 0 Å². The first-order valence-electron chi connectivity index (χ1n) is 6.17. The molecule has 0 heterocycles. The molecule has 1 aliphatic rings. The fraction of sp³-hybridized carbons (Fsp3) is 0.571. The summed E-state index contributed by atoms with van der Waals surface area (Å²) in [5.74, 6) is 0.716. The van der Waals surface area contributed by atoms with E-state index >= 15 is 0 Å². The molecule has 2 atom stereocenters. The Bertz CT molecular complexity index is 348. The van der Waals surface area contributed by atoms with Crippen LogP contribution in [0, 0.1) is 5.92 Å². The zero-order chi connectivity index (χ0) is 11.5. The van der Waals surface area contributed by atoms with E-state index in [1.807, 2.05) is 18.2 Å². The topological polar surface area (TPSA) is 32.3 Å². The van der Waals surface area contributed by atoms with Gasteiger partial charge < -0.3 is 10.4 Å². The molecule has 0 spiro atoms. The molecule has 0 saturated carbocycles. The second kappa shape index (κ2) is 4.98. The van der Waals surface area contributed by atoms with Gasteiger partial charge in [0.15, 0.2) is 0 Å². The van der Waals surface area contributed by atoms with E-state index in [0.29, 0.717) is 5.92 Å². The standard InChI is InChI=1S/C14H21NO/c1-10(2)7-8-15-13-9-11-5-3-4-6-12(11)14(13)16/h3-6,10,13-16H,7-9H2,1-2H3/t13-,14-/m0/s1. The maximum Gasteiger partial charge on any atom is 0.0948 e. The molecule has 1 aliphatic carbocycles. The lowest BCUT2D eigenvalue weighted by Crippen LogP contribution is -2.34. The molecule has 0 saturated heterocycles. The zero-order valence-corrected chi connectivity index (χ0v) is 10.1. The second-order valence-corrected chi connectivity index (χ2v) is 5.09. The molecule has 88 valence electrons. The number of nitrogens with one attached hydrogen (secondary N) is 1. The van der Waals surface area contributed by atoms with Gasteiger partial charge in [0.1, 0.15) is 0 Å². The quantitative estimate of drug-likeness (QED) is 0.814. The first-order valence-corrected chi connectivity index (χ1v) is 6.17. The number of hydrogen-bond donors (Lipinski definition) is 2. The Morgan fingerprint density at radius 1 is 1.38 bits per heavy atom. The lowest BCUT2D eigenvalue weighted by atomic mass is 10.1. The van der Waals surface area contributed by atoms with Gasteiger partial charge >= 0.3 is 0 Å². The Labute approximate surface area is 97.7 Å². The Morgan fingerprint density at radius 2 is 2.12 bits per heavy atom. The summed E-state index contributed by atoms with van der Waals surface area (Å²) in [4.78, 5) is 0.